The Morgan fingerprint density at radius 2 is 2.00 bits per heavy atom. The number of ether oxygens (including phenoxy) is 1. The SMILES string of the molecule is CC(C)COCCN1CCNCC12CCCCC2. The minimum atomic E-state index is 0.456. The zero-order valence-electron chi connectivity index (χ0n) is 12.2. The van der Waals surface area contributed by atoms with Crippen molar-refractivity contribution in [2.45, 2.75) is 51.5 Å². The van der Waals surface area contributed by atoms with E-state index in [4.69, 9.17) is 4.74 Å². The summed E-state index contributed by atoms with van der Waals surface area (Å²) < 4.78 is 5.77. The molecular formula is C15H30N2O. The van der Waals surface area contributed by atoms with E-state index in [1.54, 1.807) is 0 Å². The Labute approximate surface area is 112 Å². The summed E-state index contributed by atoms with van der Waals surface area (Å²) in [4.78, 5) is 2.71. The van der Waals surface area contributed by atoms with Gasteiger partial charge in [-0.1, -0.05) is 33.1 Å². The summed E-state index contributed by atoms with van der Waals surface area (Å²) in [6, 6.07) is 0. The fourth-order valence-electron chi connectivity index (χ4n) is 3.43. The van der Waals surface area contributed by atoms with Crippen LogP contribution in [0, 0.1) is 5.92 Å². The molecule has 3 nitrogen and oxygen atoms in total. The van der Waals surface area contributed by atoms with Crippen LogP contribution in [-0.2, 0) is 4.74 Å². The van der Waals surface area contributed by atoms with Gasteiger partial charge in [-0.3, -0.25) is 4.90 Å². The van der Waals surface area contributed by atoms with Crippen LogP contribution in [0.3, 0.4) is 0 Å². The molecule has 1 heterocycles. The maximum atomic E-state index is 5.77. The van der Waals surface area contributed by atoms with Crippen molar-refractivity contribution in [3.8, 4) is 0 Å². The molecule has 3 heteroatoms. The van der Waals surface area contributed by atoms with Gasteiger partial charge >= 0.3 is 0 Å². The number of nitrogens with zero attached hydrogens (tertiary/aromatic N) is 1. The highest BCUT2D eigenvalue weighted by Crippen LogP contribution is 2.34. The Morgan fingerprint density at radius 1 is 1.22 bits per heavy atom. The topological polar surface area (TPSA) is 24.5 Å². The zero-order chi connectivity index (χ0) is 12.8. The van der Waals surface area contributed by atoms with Crippen LogP contribution in [0.15, 0.2) is 0 Å². The predicted octanol–water partition coefficient (Wildman–Crippen LogP) is 2.27. The van der Waals surface area contributed by atoms with Gasteiger partial charge in [0.1, 0.15) is 0 Å². The molecule has 18 heavy (non-hydrogen) atoms. The second-order valence-electron chi connectivity index (χ2n) is 6.42. The average Bonchev–Trinajstić information content (AvgIpc) is 2.37. The number of rotatable bonds is 5. The molecule has 0 radical (unpaired) electrons. The van der Waals surface area contributed by atoms with Crippen LogP contribution >= 0.6 is 0 Å². The highest BCUT2D eigenvalue weighted by atomic mass is 16.5. The van der Waals surface area contributed by atoms with Crippen molar-refractivity contribution in [3.63, 3.8) is 0 Å². The maximum absolute atomic E-state index is 5.77. The van der Waals surface area contributed by atoms with Crippen LogP contribution in [0.1, 0.15) is 46.0 Å². The molecule has 1 aliphatic heterocycles. The molecule has 106 valence electrons. The van der Waals surface area contributed by atoms with Gasteiger partial charge in [-0.15, -0.1) is 0 Å². The summed E-state index contributed by atoms with van der Waals surface area (Å²) in [6.45, 7) is 10.9. The third-order valence-corrected chi connectivity index (χ3v) is 4.42. The van der Waals surface area contributed by atoms with Gasteiger partial charge in [0, 0.05) is 38.3 Å². The second kappa shape index (κ2) is 6.88. The molecule has 2 aliphatic rings. The van der Waals surface area contributed by atoms with Crippen LogP contribution in [0.5, 0.6) is 0 Å². The molecule has 0 atom stereocenters. The summed E-state index contributed by atoms with van der Waals surface area (Å²) in [6.07, 6.45) is 7.00. The van der Waals surface area contributed by atoms with Crippen molar-refractivity contribution in [1.29, 1.82) is 0 Å². The van der Waals surface area contributed by atoms with E-state index in [0.29, 0.717) is 11.5 Å². The van der Waals surface area contributed by atoms with Crippen molar-refractivity contribution >= 4 is 0 Å². The fourth-order valence-corrected chi connectivity index (χ4v) is 3.43. The lowest BCUT2D eigenvalue weighted by Crippen LogP contribution is -2.62. The summed E-state index contributed by atoms with van der Waals surface area (Å²) in [5.74, 6) is 0.650. The van der Waals surface area contributed by atoms with E-state index in [2.05, 4.69) is 24.1 Å². The fraction of sp³-hybridized carbons (Fsp3) is 1.00. The first-order valence-corrected chi connectivity index (χ1v) is 7.76. The van der Waals surface area contributed by atoms with E-state index in [9.17, 15) is 0 Å². The molecule has 2 fully saturated rings. The van der Waals surface area contributed by atoms with Crippen molar-refractivity contribution in [3.05, 3.63) is 0 Å². The first-order chi connectivity index (χ1) is 8.73. The molecule has 0 aromatic carbocycles. The van der Waals surface area contributed by atoms with E-state index < -0.39 is 0 Å². The second-order valence-corrected chi connectivity index (χ2v) is 6.42. The molecule has 0 bridgehead atoms. The van der Waals surface area contributed by atoms with Crippen LogP contribution in [0.4, 0.5) is 0 Å². The van der Waals surface area contributed by atoms with Crippen molar-refractivity contribution in [2.24, 2.45) is 5.92 Å². The van der Waals surface area contributed by atoms with Gasteiger partial charge in [0.2, 0.25) is 0 Å². The van der Waals surface area contributed by atoms with E-state index in [1.165, 1.54) is 45.2 Å². The first kappa shape index (κ1) is 14.3. The Kier molecular flexibility index (Phi) is 5.46. The van der Waals surface area contributed by atoms with Crippen LogP contribution in [0.2, 0.25) is 0 Å². The first-order valence-electron chi connectivity index (χ1n) is 7.76. The average molecular weight is 254 g/mol. The third-order valence-electron chi connectivity index (χ3n) is 4.42. The van der Waals surface area contributed by atoms with Crippen molar-refractivity contribution in [1.82, 2.24) is 10.2 Å². The smallest absolute Gasteiger partial charge is 0.0593 e. The maximum Gasteiger partial charge on any atom is 0.0593 e. The summed E-state index contributed by atoms with van der Waals surface area (Å²) in [5.41, 5.74) is 0.456. The molecule has 0 amide bonds. The highest BCUT2D eigenvalue weighted by Gasteiger charge is 2.39. The van der Waals surface area contributed by atoms with Gasteiger partial charge in [-0.25, -0.2) is 0 Å². The molecule has 1 spiro atoms. The molecule has 0 aromatic heterocycles. The van der Waals surface area contributed by atoms with Gasteiger partial charge < -0.3 is 10.1 Å². The number of piperazine rings is 1. The highest BCUT2D eigenvalue weighted by molar-refractivity contribution is 4.97. The lowest BCUT2D eigenvalue weighted by Gasteiger charge is -2.50. The minimum Gasteiger partial charge on any atom is -0.380 e. The third kappa shape index (κ3) is 3.69. The molecule has 1 aliphatic carbocycles. The molecule has 1 saturated heterocycles. The summed E-state index contributed by atoms with van der Waals surface area (Å²) in [7, 11) is 0. The summed E-state index contributed by atoms with van der Waals surface area (Å²) >= 11 is 0. The molecule has 1 N–H and O–H groups in total. The Balaban J connectivity index is 1.80. The normalized spacial score (nSPS) is 24.8. The lowest BCUT2D eigenvalue weighted by molar-refractivity contribution is -0.00111. The van der Waals surface area contributed by atoms with E-state index in [0.717, 1.165) is 26.3 Å². The number of hydrogen-bond donors (Lipinski definition) is 1. The minimum absolute atomic E-state index is 0.456. The van der Waals surface area contributed by atoms with Gasteiger partial charge in [0.15, 0.2) is 0 Å². The lowest BCUT2D eigenvalue weighted by atomic mass is 9.79. The molecule has 0 unspecified atom stereocenters. The Hall–Kier alpha value is -0.120. The Bertz CT molecular complexity index is 228. The molecule has 0 aromatic rings. The number of nitrogens with one attached hydrogen (secondary N) is 1. The predicted molar refractivity (Wildman–Crippen MR) is 75.9 cm³/mol. The standard InChI is InChI=1S/C15H30N2O/c1-14(2)12-18-11-10-17-9-8-16-13-15(17)6-4-3-5-7-15/h14,16H,3-13H2,1-2H3. The van der Waals surface area contributed by atoms with E-state index in [-0.39, 0.29) is 0 Å². The summed E-state index contributed by atoms with van der Waals surface area (Å²) in [5, 5.41) is 3.60. The van der Waals surface area contributed by atoms with Gasteiger partial charge in [0.25, 0.3) is 0 Å². The van der Waals surface area contributed by atoms with Gasteiger partial charge in [-0.05, 0) is 18.8 Å². The van der Waals surface area contributed by atoms with Crippen LogP contribution < -0.4 is 5.32 Å². The Morgan fingerprint density at radius 3 is 2.72 bits per heavy atom. The molecular weight excluding hydrogens is 224 g/mol. The van der Waals surface area contributed by atoms with Crippen LogP contribution in [-0.4, -0.2) is 49.8 Å². The van der Waals surface area contributed by atoms with Crippen molar-refractivity contribution in [2.75, 3.05) is 39.4 Å². The van der Waals surface area contributed by atoms with Crippen molar-refractivity contribution < 1.29 is 4.74 Å². The number of hydrogen-bond acceptors (Lipinski definition) is 3. The van der Waals surface area contributed by atoms with E-state index in [1.807, 2.05) is 0 Å². The van der Waals surface area contributed by atoms with Gasteiger partial charge in [-0.2, -0.15) is 0 Å². The zero-order valence-corrected chi connectivity index (χ0v) is 12.2. The quantitative estimate of drug-likeness (QED) is 0.762. The van der Waals surface area contributed by atoms with Gasteiger partial charge in [0.05, 0.1) is 6.61 Å². The monoisotopic (exact) mass is 254 g/mol. The molecule has 1 saturated carbocycles. The largest absolute Gasteiger partial charge is 0.380 e. The van der Waals surface area contributed by atoms with E-state index >= 15 is 0 Å². The molecule has 2 rings (SSSR count). The van der Waals surface area contributed by atoms with Crippen LogP contribution in [0.25, 0.3) is 0 Å².